The van der Waals surface area contributed by atoms with Crippen LogP contribution in [0.2, 0.25) is 0 Å². The first-order valence-corrected chi connectivity index (χ1v) is 16.8. The number of carbonyl (C=O) groups is 3. The smallest absolute Gasteiger partial charge is 0.310 e. The van der Waals surface area contributed by atoms with Gasteiger partial charge in [-0.2, -0.15) is 0 Å². The van der Waals surface area contributed by atoms with E-state index in [1.165, 1.54) is 0 Å². The summed E-state index contributed by atoms with van der Waals surface area (Å²) < 4.78 is 6.74. The molecule has 4 heterocycles. The predicted molar refractivity (Wildman–Crippen MR) is 170 cm³/mol. The molecule has 3 saturated heterocycles. The number of fused-ring (bicyclic) bond motifs is 2. The summed E-state index contributed by atoms with van der Waals surface area (Å²) in [6, 6.07) is 6.89. The van der Waals surface area contributed by atoms with Crippen molar-refractivity contribution in [3.63, 3.8) is 0 Å². The maximum atomic E-state index is 14.8. The fourth-order valence-corrected chi connectivity index (χ4v) is 9.85. The van der Waals surface area contributed by atoms with Crippen molar-refractivity contribution in [2.45, 2.75) is 81.0 Å². The number of aliphatic hydroxyl groups is 1. The molecule has 44 heavy (non-hydrogen) atoms. The van der Waals surface area contributed by atoms with Crippen LogP contribution in [0.15, 0.2) is 49.6 Å². The van der Waals surface area contributed by atoms with Crippen LogP contribution >= 0.6 is 11.8 Å². The number of para-hydroxylation sites is 1. The molecule has 10 nitrogen and oxygen atoms in total. The molecule has 5 rings (SSSR count). The van der Waals surface area contributed by atoms with E-state index in [9.17, 15) is 19.5 Å². The number of thioether (sulfide) groups is 1. The van der Waals surface area contributed by atoms with Crippen molar-refractivity contribution in [1.82, 2.24) is 24.8 Å². The summed E-state index contributed by atoms with van der Waals surface area (Å²) in [5, 5.41) is 17.7. The molecule has 1 aromatic carbocycles. The van der Waals surface area contributed by atoms with Crippen LogP contribution in [0, 0.1) is 17.8 Å². The van der Waals surface area contributed by atoms with Crippen molar-refractivity contribution in [2.75, 3.05) is 26.3 Å². The Balaban J connectivity index is 1.44. The number of esters is 1. The highest BCUT2D eigenvalue weighted by molar-refractivity contribution is 8.02. The van der Waals surface area contributed by atoms with Gasteiger partial charge in [-0.3, -0.25) is 14.4 Å². The van der Waals surface area contributed by atoms with Crippen molar-refractivity contribution in [3.05, 3.63) is 49.6 Å². The van der Waals surface area contributed by atoms with E-state index in [0.29, 0.717) is 26.0 Å². The number of rotatable bonds is 17. The molecule has 0 saturated carbocycles. The van der Waals surface area contributed by atoms with Gasteiger partial charge in [-0.25, -0.2) is 4.68 Å². The third-order valence-corrected chi connectivity index (χ3v) is 11.6. The monoisotopic (exact) mass is 623 g/mol. The molecule has 1 N–H and O–H groups in total. The lowest BCUT2D eigenvalue weighted by molar-refractivity contribution is -0.154. The molecule has 3 aliphatic heterocycles. The summed E-state index contributed by atoms with van der Waals surface area (Å²) in [6.45, 7) is 11.1. The number of hydrogen-bond donors (Lipinski definition) is 1. The number of aromatic nitrogens is 3. The zero-order valence-electron chi connectivity index (χ0n) is 25.7. The molecule has 1 aromatic heterocycles. The molecule has 3 fully saturated rings. The zero-order chi connectivity index (χ0) is 31.3. The van der Waals surface area contributed by atoms with Gasteiger partial charge >= 0.3 is 5.97 Å². The van der Waals surface area contributed by atoms with Crippen LogP contribution in [0.5, 0.6) is 0 Å². The van der Waals surface area contributed by atoms with E-state index in [2.05, 4.69) is 30.4 Å². The molecule has 3 aliphatic rings. The molecule has 1 spiro atoms. The van der Waals surface area contributed by atoms with Gasteiger partial charge in [0.05, 0.1) is 28.7 Å². The Hall–Kier alpha value is -3.18. The van der Waals surface area contributed by atoms with E-state index in [4.69, 9.17) is 4.74 Å². The molecule has 11 heteroatoms. The van der Waals surface area contributed by atoms with Crippen molar-refractivity contribution in [1.29, 1.82) is 0 Å². The van der Waals surface area contributed by atoms with Gasteiger partial charge in [-0.05, 0) is 56.6 Å². The second-order valence-corrected chi connectivity index (χ2v) is 13.8. The average molecular weight is 624 g/mol. The number of likely N-dealkylation sites (tertiary alicyclic amines) is 1. The Bertz CT molecular complexity index is 1370. The Morgan fingerprint density at radius 3 is 2.73 bits per heavy atom. The van der Waals surface area contributed by atoms with Gasteiger partial charge in [0.2, 0.25) is 11.8 Å². The van der Waals surface area contributed by atoms with Gasteiger partial charge in [0, 0.05) is 24.9 Å². The van der Waals surface area contributed by atoms with E-state index < -0.39 is 22.6 Å². The van der Waals surface area contributed by atoms with Crippen LogP contribution in [-0.4, -0.2) is 90.0 Å². The molecule has 6 atom stereocenters. The summed E-state index contributed by atoms with van der Waals surface area (Å²) in [4.78, 5) is 46.2. The van der Waals surface area contributed by atoms with E-state index in [-0.39, 0.29) is 48.8 Å². The Morgan fingerprint density at radius 2 is 1.95 bits per heavy atom. The van der Waals surface area contributed by atoms with E-state index in [1.54, 1.807) is 32.3 Å². The average Bonchev–Trinajstić information content (AvgIpc) is 3.74. The number of carbonyl (C=O) groups excluding carboxylic acids is 3. The van der Waals surface area contributed by atoms with Crippen molar-refractivity contribution < 1.29 is 24.2 Å². The lowest BCUT2D eigenvalue weighted by atomic mass is 9.66. The summed E-state index contributed by atoms with van der Waals surface area (Å²) >= 11 is 1.66. The van der Waals surface area contributed by atoms with Crippen LogP contribution in [0.1, 0.15) is 58.3 Å². The SMILES string of the molecule is C=CCCCCOC(=O)[C@@H]1[C@H]2C(=O)N(CCCCCCO)C(C(=O)N(CC=C)Cn3nnc4ccccc43)C23S[C@@H]1CC3C. The highest BCUT2D eigenvalue weighted by Crippen LogP contribution is 2.68. The van der Waals surface area contributed by atoms with E-state index in [1.807, 2.05) is 30.3 Å². The number of ether oxygens (including phenoxy) is 1. The second-order valence-electron chi connectivity index (χ2n) is 12.2. The minimum Gasteiger partial charge on any atom is -0.465 e. The largest absolute Gasteiger partial charge is 0.465 e. The highest BCUT2D eigenvalue weighted by Gasteiger charge is 2.76. The third-order valence-electron chi connectivity index (χ3n) is 9.49. The normalized spacial score (nSPS) is 27.1. The minimum absolute atomic E-state index is 0.0613. The van der Waals surface area contributed by atoms with Crippen LogP contribution in [0.3, 0.4) is 0 Å². The second kappa shape index (κ2) is 14.3. The molecule has 2 bridgehead atoms. The first-order chi connectivity index (χ1) is 21.4. The Labute approximate surface area is 263 Å². The van der Waals surface area contributed by atoms with Crippen molar-refractivity contribution in [2.24, 2.45) is 17.8 Å². The highest BCUT2D eigenvalue weighted by atomic mass is 32.2. The van der Waals surface area contributed by atoms with Crippen LogP contribution in [0.25, 0.3) is 11.0 Å². The van der Waals surface area contributed by atoms with Gasteiger partial charge in [0.15, 0.2) is 0 Å². The molecule has 0 aliphatic carbocycles. The molecular weight excluding hydrogens is 578 g/mol. The zero-order valence-corrected chi connectivity index (χ0v) is 26.5. The number of benzene rings is 1. The van der Waals surface area contributed by atoms with Crippen LogP contribution in [0.4, 0.5) is 0 Å². The minimum atomic E-state index is -0.722. The molecule has 0 radical (unpaired) electrons. The third kappa shape index (κ3) is 5.92. The first-order valence-electron chi connectivity index (χ1n) is 15.9. The number of amides is 2. The number of unbranched alkanes of at least 4 members (excludes halogenated alkanes) is 5. The lowest BCUT2D eigenvalue weighted by Gasteiger charge is -2.40. The number of allylic oxidation sites excluding steroid dienone is 1. The lowest BCUT2D eigenvalue weighted by Crippen LogP contribution is -2.57. The maximum absolute atomic E-state index is 14.8. The number of nitrogens with zero attached hydrogens (tertiary/aromatic N) is 5. The summed E-state index contributed by atoms with van der Waals surface area (Å²) in [5.74, 6) is -1.70. The van der Waals surface area contributed by atoms with Crippen molar-refractivity contribution >= 4 is 40.6 Å². The number of aliphatic hydroxyl groups excluding tert-OH is 1. The summed E-state index contributed by atoms with van der Waals surface area (Å²) in [7, 11) is 0. The predicted octanol–water partition coefficient (Wildman–Crippen LogP) is 4.19. The molecular formula is C33H45N5O5S. The fourth-order valence-electron chi connectivity index (χ4n) is 7.44. The first kappa shape index (κ1) is 32.2. The van der Waals surface area contributed by atoms with Gasteiger partial charge < -0.3 is 19.6 Å². The van der Waals surface area contributed by atoms with Crippen LogP contribution < -0.4 is 0 Å². The standard InChI is InChI=1S/C33H45N5O5S/c1-4-6-7-14-20-43-32(42)27-26-21-23(3)33(44-26)28(27)30(40)37(18-12-8-9-13-19-39)29(33)31(41)36(17-5-2)22-38-25-16-11-10-15-24(25)34-35-38/h4-5,10-11,15-16,23,26-29,39H,1-2,6-9,12-14,17-22H2,3H3/t23?,26-,27+,28+,29?,33?/m1/s1. The van der Waals surface area contributed by atoms with Gasteiger partial charge in [-0.15, -0.1) is 30.0 Å². The fraction of sp³-hybridized carbons (Fsp3) is 0.606. The van der Waals surface area contributed by atoms with Gasteiger partial charge in [0.25, 0.3) is 0 Å². The van der Waals surface area contributed by atoms with E-state index >= 15 is 0 Å². The van der Waals surface area contributed by atoms with E-state index in [0.717, 1.165) is 49.6 Å². The van der Waals surface area contributed by atoms with Crippen LogP contribution in [-0.2, 0) is 25.8 Å². The molecule has 2 amide bonds. The molecule has 2 aromatic rings. The quantitative estimate of drug-likeness (QED) is 0.158. The molecule has 3 unspecified atom stereocenters. The molecule has 238 valence electrons. The Morgan fingerprint density at radius 1 is 1.16 bits per heavy atom. The number of hydrogen-bond acceptors (Lipinski definition) is 8. The van der Waals surface area contributed by atoms with Gasteiger partial charge in [0.1, 0.15) is 18.2 Å². The van der Waals surface area contributed by atoms with Crippen molar-refractivity contribution in [3.8, 4) is 0 Å². The maximum Gasteiger partial charge on any atom is 0.310 e. The summed E-state index contributed by atoms with van der Waals surface area (Å²) in [6.07, 6.45) is 9.92. The topological polar surface area (TPSA) is 118 Å². The summed E-state index contributed by atoms with van der Waals surface area (Å²) in [5.41, 5.74) is 1.55. The van der Waals surface area contributed by atoms with Gasteiger partial charge in [-0.1, -0.05) is 49.3 Å². The Kier molecular flexibility index (Phi) is 10.5.